The Morgan fingerprint density at radius 1 is 1.03 bits per heavy atom. The van der Waals surface area contributed by atoms with Gasteiger partial charge in [0.25, 0.3) is 11.1 Å². The summed E-state index contributed by atoms with van der Waals surface area (Å²) in [6, 6.07) is 16.4. The number of hydrogen-bond acceptors (Lipinski definition) is 5. The minimum absolute atomic E-state index is 0.108. The number of nitrogens with zero attached hydrogens (tertiary/aromatic N) is 1. The largest absolute Gasteiger partial charge is 0.493 e. The molecule has 3 aromatic carbocycles. The molecule has 0 aliphatic carbocycles. The van der Waals surface area contributed by atoms with Crippen molar-refractivity contribution < 1.29 is 23.5 Å². The third-order valence-corrected chi connectivity index (χ3v) is 6.56. The third kappa shape index (κ3) is 5.38. The van der Waals surface area contributed by atoms with E-state index in [9.17, 15) is 14.0 Å². The number of benzene rings is 3. The summed E-state index contributed by atoms with van der Waals surface area (Å²) in [6.07, 6.45) is 1.61. The quantitative estimate of drug-likeness (QED) is 0.317. The van der Waals surface area contributed by atoms with Crippen LogP contribution in [0, 0.1) is 5.82 Å². The molecule has 0 atom stereocenters. The van der Waals surface area contributed by atoms with Gasteiger partial charge in [-0.05, 0) is 65.4 Å². The van der Waals surface area contributed by atoms with E-state index >= 15 is 0 Å². The van der Waals surface area contributed by atoms with E-state index in [1.165, 1.54) is 24.1 Å². The zero-order chi connectivity index (χ0) is 24.2. The van der Waals surface area contributed by atoms with Crippen LogP contribution in [0.25, 0.3) is 6.08 Å². The summed E-state index contributed by atoms with van der Waals surface area (Å²) >= 11 is 12.8. The topological polar surface area (TPSA) is 55.8 Å². The summed E-state index contributed by atoms with van der Waals surface area (Å²) in [5.41, 5.74) is 1.63. The molecule has 1 heterocycles. The second-order valence-corrected chi connectivity index (χ2v) is 9.13. The number of imide groups is 1. The van der Waals surface area contributed by atoms with Gasteiger partial charge < -0.3 is 9.47 Å². The summed E-state index contributed by atoms with van der Waals surface area (Å²) in [5.74, 6) is -0.0882. The lowest BCUT2D eigenvalue weighted by Gasteiger charge is -2.13. The van der Waals surface area contributed by atoms with Crippen LogP contribution >= 0.6 is 35.0 Å². The monoisotopic (exact) mass is 517 g/mol. The average molecular weight is 518 g/mol. The summed E-state index contributed by atoms with van der Waals surface area (Å²) in [5, 5.41) is 0.474. The number of rotatable bonds is 7. The van der Waals surface area contributed by atoms with Gasteiger partial charge >= 0.3 is 0 Å². The van der Waals surface area contributed by atoms with E-state index in [0.717, 1.165) is 17.3 Å². The number of methoxy groups -OCH3 is 1. The van der Waals surface area contributed by atoms with E-state index in [2.05, 4.69) is 0 Å². The van der Waals surface area contributed by atoms with Crippen LogP contribution in [0.2, 0.25) is 10.0 Å². The molecule has 0 unspecified atom stereocenters. The Morgan fingerprint density at radius 2 is 1.79 bits per heavy atom. The molecule has 0 bridgehead atoms. The molecule has 3 aromatic rings. The summed E-state index contributed by atoms with van der Waals surface area (Å²) in [4.78, 5) is 26.8. The van der Waals surface area contributed by atoms with Gasteiger partial charge in [0.15, 0.2) is 11.5 Å². The first kappa shape index (κ1) is 24.1. The van der Waals surface area contributed by atoms with E-state index < -0.39 is 5.82 Å². The highest BCUT2D eigenvalue weighted by Crippen LogP contribution is 2.36. The normalized spacial score (nSPS) is 14.7. The fraction of sp³-hybridized carbons (Fsp3) is 0.120. The number of halogens is 3. The zero-order valence-electron chi connectivity index (χ0n) is 17.9. The molecule has 1 aliphatic heterocycles. The molecule has 1 aliphatic rings. The highest BCUT2D eigenvalue weighted by Gasteiger charge is 2.35. The number of amides is 2. The van der Waals surface area contributed by atoms with Crippen LogP contribution in [-0.4, -0.2) is 23.2 Å². The molecular weight excluding hydrogens is 500 g/mol. The highest BCUT2D eigenvalue weighted by atomic mass is 35.5. The summed E-state index contributed by atoms with van der Waals surface area (Å²) in [7, 11) is 1.49. The highest BCUT2D eigenvalue weighted by molar-refractivity contribution is 8.18. The smallest absolute Gasteiger partial charge is 0.293 e. The molecule has 1 saturated heterocycles. The molecule has 1 fully saturated rings. The summed E-state index contributed by atoms with van der Waals surface area (Å²) < 4.78 is 25.2. The van der Waals surface area contributed by atoms with E-state index in [1.807, 2.05) is 0 Å². The Balaban J connectivity index is 1.53. The van der Waals surface area contributed by atoms with Gasteiger partial charge in [0.05, 0.1) is 23.6 Å². The first-order chi connectivity index (χ1) is 16.4. The molecule has 9 heteroatoms. The van der Waals surface area contributed by atoms with E-state index in [1.54, 1.807) is 54.6 Å². The fourth-order valence-electron chi connectivity index (χ4n) is 3.28. The molecule has 0 aromatic heterocycles. The standard InChI is InChI=1S/C25H18Cl2FNO4S/c1-32-21-10-7-16(11-22(21)33-14-18-19(27)3-2-4-20(18)28)12-23-24(30)29(25(31)34-23)13-15-5-8-17(26)9-6-15/h2-12H,13-14H2,1H3/b23-12-. The predicted octanol–water partition coefficient (Wildman–Crippen LogP) is 6.96. The number of thioether (sulfide) groups is 1. The van der Waals surface area contributed by atoms with Crippen LogP contribution in [0.4, 0.5) is 9.18 Å². The molecular formula is C25H18Cl2FNO4S. The van der Waals surface area contributed by atoms with Crippen molar-refractivity contribution in [3.8, 4) is 11.5 Å². The lowest BCUT2D eigenvalue weighted by atomic mass is 10.1. The lowest BCUT2D eigenvalue weighted by Crippen LogP contribution is -2.27. The predicted molar refractivity (Wildman–Crippen MR) is 132 cm³/mol. The lowest BCUT2D eigenvalue weighted by molar-refractivity contribution is -0.123. The van der Waals surface area contributed by atoms with Crippen LogP contribution in [-0.2, 0) is 17.9 Å². The first-order valence-electron chi connectivity index (χ1n) is 10.1. The maximum absolute atomic E-state index is 14.1. The summed E-state index contributed by atoms with van der Waals surface area (Å²) in [6.45, 7) is 0.0441. The van der Waals surface area contributed by atoms with Gasteiger partial charge in [-0.1, -0.05) is 47.5 Å². The van der Waals surface area contributed by atoms with Crippen LogP contribution < -0.4 is 9.47 Å². The van der Waals surface area contributed by atoms with Crippen molar-refractivity contribution in [3.05, 3.63) is 98.1 Å². The van der Waals surface area contributed by atoms with Gasteiger partial charge in [-0.3, -0.25) is 14.5 Å². The number of carbonyl (C=O) groups is 2. The first-order valence-corrected chi connectivity index (χ1v) is 11.7. The van der Waals surface area contributed by atoms with Crippen molar-refractivity contribution in [1.82, 2.24) is 4.90 Å². The van der Waals surface area contributed by atoms with Gasteiger partial charge in [0, 0.05) is 10.6 Å². The van der Waals surface area contributed by atoms with Crippen LogP contribution in [0.3, 0.4) is 0 Å². The second-order valence-electron chi connectivity index (χ2n) is 7.29. The van der Waals surface area contributed by atoms with Crippen LogP contribution in [0.5, 0.6) is 11.5 Å². The van der Waals surface area contributed by atoms with E-state index in [0.29, 0.717) is 22.1 Å². The second kappa shape index (κ2) is 10.5. The Kier molecular flexibility index (Phi) is 7.46. The minimum atomic E-state index is -0.475. The van der Waals surface area contributed by atoms with E-state index in [4.69, 9.17) is 32.7 Å². The van der Waals surface area contributed by atoms with Crippen molar-refractivity contribution in [2.45, 2.75) is 13.2 Å². The zero-order valence-corrected chi connectivity index (χ0v) is 20.2. The molecule has 174 valence electrons. The number of carbonyl (C=O) groups excluding carboxylic acids is 2. The van der Waals surface area contributed by atoms with Crippen LogP contribution in [0.15, 0.2) is 65.6 Å². The molecule has 0 radical (unpaired) electrons. The van der Waals surface area contributed by atoms with Gasteiger partial charge in [0.2, 0.25) is 0 Å². The molecule has 0 N–H and O–H groups in total. The van der Waals surface area contributed by atoms with Crippen molar-refractivity contribution in [2.75, 3.05) is 7.11 Å². The van der Waals surface area contributed by atoms with Gasteiger partial charge in [-0.15, -0.1) is 0 Å². The Labute approximate surface area is 210 Å². The maximum atomic E-state index is 14.1. The van der Waals surface area contributed by atoms with Crippen molar-refractivity contribution >= 4 is 52.2 Å². The van der Waals surface area contributed by atoms with Crippen molar-refractivity contribution in [1.29, 1.82) is 0 Å². The fourth-order valence-corrected chi connectivity index (χ4v) is 4.46. The molecule has 0 spiro atoms. The molecule has 34 heavy (non-hydrogen) atoms. The molecule has 2 amide bonds. The molecule has 5 nitrogen and oxygen atoms in total. The Bertz CT molecular complexity index is 1260. The number of hydrogen-bond donors (Lipinski definition) is 0. The molecule has 4 rings (SSSR count). The Hall–Kier alpha value is -3.00. The van der Waals surface area contributed by atoms with E-state index in [-0.39, 0.29) is 39.8 Å². The number of ether oxygens (including phenoxy) is 2. The third-order valence-electron chi connectivity index (χ3n) is 5.05. The van der Waals surface area contributed by atoms with Crippen LogP contribution in [0.1, 0.15) is 16.7 Å². The minimum Gasteiger partial charge on any atom is -0.493 e. The maximum Gasteiger partial charge on any atom is 0.293 e. The Morgan fingerprint density at radius 3 is 2.50 bits per heavy atom. The van der Waals surface area contributed by atoms with Gasteiger partial charge in [0.1, 0.15) is 12.4 Å². The molecule has 0 saturated carbocycles. The van der Waals surface area contributed by atoms with Crippen molar-refractivity contribution in [3.63, 3.8) is 0 Å². The van der Waals surface area contributed by atoms with Gasteiger partial charge in [-0.2, -0.15) is 0 Å². The van der Waals surface area contributed by atoms with Gasteiger partial charge in [-0.25, -0.2) is 4.39 Å². The van der Waals surface area contributed by atoms with Crippen molar-refractivity contribution in [2.24, 2.45) is 0 Å². The average Bonchev–Trinajstić information content (AvgIpc) is 3.07. The SMILES string of the molecule is COc1ccc(/C=C2\SC(=O)N(Cc3ccc(Cl)cc3)C2=O)cc1OCc1c(F)cccc1Cl.